The van der Waals surface area contributed by atoms with Crippen LogP contribution in [0.15, 0.2) is 0 Å². The zero-order chi connectivity index (χ0) is 6.91. The molecule has 0 aromatic carbocycles. The van der Waals surface area contributed by atoms with Crippen LogP contribution >= 0.6 is 0 Å². The predicted octanol–water partition coefficient (Wildman–Crippen LogP) is 0.903. The number of rotatable bonds is 3. The summed E-state index contributed by atoms with van der Waals surface area (Å²) in [5, 5.41) is 0. The lowest BCUT2D eigenvalue weighted by Gasteiger charge is -2.19. The van der Waals surface area contributed by atoms with Crippen molar-refractivity contribution in [3.8, 4) is 0 Å². The highest BCUT2D eigenvalue weighted by molar-refractivity contribution is 5.02. The molecule has 9 heavy (non-hydrogen) atoms. The molecule has 0 radical (unpaired) electrons. The van der Waals surface area contributed by atoms with E-state index in [0.29, 0.717) is 0 Å². The van der Waals surface area contributed by atoms with Gasteiger partial charge in [-0.2, -0.15) is 0 Å². The van der Waals surface area contributed by atoms with Gasteiger partial charge >= 0.3 is 0 Å². The summed E-state index contributed by atoms with van der Waals surface area (Å²) in [7, 11) is 1.75. The Labute approximate surface area is 56.4 Å². The van der Waals surface area contributed by atoms with E-state index in [1.807, 2.05) is 0 Å². The van der Waals surface area contributed by atoms with Crippen molar-refractivity contribution in [2.45, 2.75) is 37.8 Å². The molecule has 0 spiro atoms. The molecule has 0 aromatic heterocycles. The largest absolute Gasteiger partial charge is 0.377 e. The summed E-state index contributed by atoms with van der Waals surface area (Å²) in [5.74, 6) is 0. The highest BCUT2D eigenvalue weighted by Crippen LogP contribution is 2.41. The molecule has 2 nitrogen and oxygen atoms in total. The van der Waals surface area contributed by atoms with Gasteiger partial charge in [0.1, 0.15) is 0 Å². The van der Waals surface area contributed by atoms with Crippen molar-refractivity contribution in [2.24, 2.45) is 5.73 Å². The van der Waals surface area contributed by atoms with E-state index in [2.05, 4.69) is 6.92 Å². The zero-order valence-corrected chi connectivity index (χ0v) is 6.18. The Hall–Kier alpha value is -0.0800. The van der Waals surface area contributed by atoms with Gasteiger partial charge in [-0.15, -0.1) is 0 Å². The molecule has 0 bridgehead atoms. The molecule has 0 heterocycles. The van der Waals surface area contributed by atoms with Gasteiger partial charge in [0.15, 0.2) is 0 Å². The van der Waals surface area contributed by atoms with Crippen LogP contribution in [0.2, 0.25) is 0 Å². The Morgan fingerprint density at radius 1 is 1.67 bits per heavy atom. The first-order valence-electron chi connectivity index (χ1n) is 3.56. The molecule has 0 aromatic rings. The third-order valence-corrected chi connectivity index (χ3v) is 2.26. The third kappa shape index (κ3) is 1.10. The highest BCUT2D eigenvalue weighted by atomic mass is 16.5. The molecule has 1 fully saturated rings. The fourth-order valence-corrected chi connectivity index (χ4v) is 1.22. The maximum absolute atomic E-state index is 5.80. The zero-order valence-electron chi connectivity index (χ0n) is 6.18. The van der Waals surface area contributed by atoms with E-state index < -0.39 is 0 Å². The van der Waals surface area contributed by atoms with Crippen LogP contribution in [0.4, 0.5) is 0 Å². The molecular formula is C7H15NO. The molecule has 0 unspecified atom stereocenters. The van der Waals surface area contributed by atoms with Crippen molar-refractivity contribution in [3.05, 3.63) is 0 Å². The summed E-state index contributed by atoms with van der Waals surface area (Å²) in [4.78, 5) is 0. The van der Waals surface area contributed by atoms with Crippen LogP contribution in [0.3, 0.4) is 0 Å². The van der Waals surface area contributed by atoms with Gasteiger partial charge in [-0.05, 0) is 19.3 Å². The Balaban J connectivity index is 2.39. The molecule has 1 rings (SSSR count). The van der Waals surface area contributed by atoms with Crippen molar-refractivity contribution in [1.82, 2.24) is 0 Å². The second kappa shape index (κ2) is 2.27. The van der Waals surface area contributed by atoms with E-state index >= 15 is 0 Å². The van der Waals surface area contributed by atoms with Gasteiger partial charge in [-0.25, -0.2) is 0 Å². The van der Waals surface area contributed by atoms with Crippen molar-refractivity contribution in [3.63, 3.8) is 0 Å². The van der Waals surface area contributed by atoms with Crippen LogP contribution in [0.1, 0.15) is 26.2 Å². The lowest BCUT2D eigenvalue weighted by atomic mass is 10.1. The number of nitrogens with two attached hydrogens (primary N) is 1. The Morgan fingerprint density at radius 3 is 2.33 bits per heavy atom. The molecule has 0 aliphatic heterocycles. The van der Waals surface area contributed by atoms with E-state index in [4.69, 9.17) is 10.5 Å². The van der Waals surface area contributed by atoms with Crippen LogP contribution in [0, 0.1) is 0 Å². The smallest absolute Gasteiger partial charge is 0.0830 e. The number of methoxy groups -OCH3 is 1. The van der Waals surface area contributed by atoms with Gasteiger partial charge < -0.3 is 10.5 Å². The van der Waals surface area contributed by atoms with Crippen LogP contribution in [-0.4, -0.2) is 18.8 Å². The average Bonchev–Trinajstić information content (AvgIpc) is 2.66. The Morgan fingerprint density at radius 2 is 2.22 bits per heavy atom. The molecule has 0 saturated heterocycles. The minimum absolute atomic E-state index is 0.0781. The normalized spacial score (nSPS) is 25.7. The van der Waals surface area contributed by atoms with E-state index in [9.17, 15) is 0 Å². The summed E-state index contributed by atoms with van der Waals surface area (Å²) in [6, 6.07) is 0.252. The molecule has 1 atom stereocenters. The monoisotopic (exact) mass is 129 g/mol. The minimum atomic E-state index is 0.0781. The maximum atomic E-state index is 5.80. The SMILES string of the molecule is CC[C@@H](N)C1(OC)CC1. The fraction of sp³-hybridized carbons (Fsp3) is 1.00. The molecule has 2 heteroatoms. The van der Waals surface area contributed by atoms with Gasteiger partial charge in [0.25, 0.3) is 0 Å². The second-order valence-corrected chi connectivity index (χ2v) is 2.78. The van der Waals surface area contributed by atoms with Crippen LogP contribution in [0.25, 0.3) is 0 Å². The van der Waals surface area contributed by atoms with Gasteiger partial charge in [0.2, 0.25) is 0 Å². The number of hydrogen-bond donors (Lipinski definition) is 1. The van der Waals surface area contributed by atoms with Crippen molar-refractivity contribution < 1.29 is 4.74 Å². The van der Waals surface area contributed by atoms with Crippen LogP contribution in [0.5, 0.6) is 0 Å². The molecule has 0 amide bonds. The van der Waals surface area contributed by atoms with E-state index in [1.165, 1.54) is 0 Å². The lowest BCUT2D eigenvalue weighted by Crippen LogP contribution is -2.37. The molecule has 1 aliphatic carbocycles. The maximum Gasteiger partial charge on any atom is 0.0830 e. The van der Waals surface area contributed by atoms with Crippen molar-refractivity contribution >= 4 is 0 Å². The van der Waals surface area contributed by atoms with Crippen LogP contribution < -0.4 is 5.73 Å². The van der Waals surface area contributed by atoms with Crippen molar-refractivity contribution in [2.75, 3.05) is 7.11 Å². The quantitative estimate of drug-likeness (QED) is 0.614. The predicted molar refractivity (Wildman–Crippen MR) is 37.2 cm³/mol. The molecule has 2 N–H and O–H groups in total. The summed E-state index contributed by atoms with van der Waals surface area (Å²) < 4.78 is 5.28. The standard InChI is InChI=1S/C7H15NO/c1-3-6(8)7(9-2)4-5-7/h6H,3-5,8H2,1-2H3/t6-/m1/s1. The average molecular weight is 129 g/mol. The minimum Gasteiger partial charge on any atom is -0.377 e. The first-order valence-corrected chi connectivity index (χ1v) is 3.56. The van der Waals surface area contributed by atoms with E-state index in [-0.39, 0.29) is 11.6 Å². The van der Waals surface area contributed by atoms with Crippen LogP contribution in [-0.2, 0) is 4.74 Å². The molecule has 1 saturated carbocycles. The highest BCUT2D eigenvalue weighted by Gasteiger charge is 2.47. The molecule has 54 valence electrons. The Bertz CT molecular complexity index is 99.1. The number of ether oxygens (including phenoxy) is 1. The summed E-state index contributed by atoms with van der Waals surface area (Å²) in [6.07, 6.45) is 3.32. The molecular weight excluding hydrogens is 114 g/mol. The third-order valence-electron chi connectivity index (χ3n) is 2.26. The van der Waals surface area contributed by atoms with E-state index in [0.717, 1.165) is 19.3 Å². The van der Waals surface area contributed by atoms with Gasteiger partial charge in [0.05, 0.1) is 5.60 Å². The number of hydrogen-bond acceptors (Lipinski definition) is 2. The first-order chi connectivity index (χ1) is 4.25. The topological polar surface area (TPSA) is 35.2 Å². The summed E-state index contributed by atoms with van der Waals surface area (Å²) >= 11 is 0. The summed E-state index contributed by atoms with van der Waals surface area (Å²) in [5.41, 5.74) is 5.88. The van der Waals surface area contributed by atoms with Crippen molar-refractivity contribution in [1.29, 1.82) is 0 Å². The van der Waals surface area contributed by atoms with Gasteiger partial charge in [0, 0.05) is 13.2 Å². The first kappa shape index (κ1) is 7.03. The Kier molecular flexibility index (Phi) is 1.78. The molecule has 1 aliphatic rings. The fourth-order valence-electron chi connectivity index (χ4n) is 1.22. The van der Waals surface area contributed by atoms with Gasteiger partial charge in [-0.3, -0.25) is 0 Å². The lowest BCUT2D eigenvalue weighted by molar-refractivity contribution is 0.0564. The second-order valence-electron chi connectivity index (χ2n) is 2.78. The summed E-state index contributed by atoms with van der Waals surface area (Å²) in [6.45, 7) is 2.10. The van der Waals surface area contributed by atoms with Gasteiger partial charge in [-0.1, -0.05) is 6.92 Å². The van der Waals surface area contributed by atoms with E-state index in [1.54, 1.807) is 7.11 Å².